The van der Waals surface area contributed by atoms with Crippen LogP contribution < -0.4 is 13.1 Å². The molecule has 3 aromatic rings. The highest BCUT2D eigenvalue weighted by Crippen LogP contribution is 2.60. The number of carbonyl (C=O) groups excluding carboxylic acids is 4. The minimum atomic E-state index is -6.91. The van der Waals surface area contributed by atoms with Crippen LogP contribution in [0.2, 0.25) is 0 Å². The predicted molar refractivity (Wildman–Crippen MR) is 156 cm³/mol. The molecule has 2 aliphatic rings. The zero-order valence-corrected chi connectivity index (χ0v) is 28.7. The van der Waals surface area contributed by atoms with Crippen molar-refractivity contribution in [3.8, 4) is 23.0 Å². The summed E-state index contributed by atoms with van der Waals surface area (Å²) in [5, 5.41) is 0. The number of rotatable bonds is 9. The number of nitrogens with zero attached hydrogens (tertiary/aromatic N) is 1. The molecule has 0 fully saturated rings. The number of benzene rings is 3. The molecule has 0 N–H and O–H groups in total. The summed E-state index contributed by atoms with van der Waals surface area (Å²) in [7, 11) is -12.0. The van der Waals surface area contributed by atoms with Crippen molar-refractivity contribution in [2.45, 2.75) is 16.6 Å². The van der Waals surface area contributed by atoms with Gasteiger partial charge in [0.2, 0.25) is 23.1 Å². The van der Waals surface area contributed by atoms with Gasteiger partial charge in [-0.2, -0.15) is 52.0 Å². The molecule has 302 valence electrons. The topological polar surface area (TPSA) is 195 Å². The van der Waals surface area contributed by atoms with Crippen LogP contribution in [-0.4, -0.2) is 83.9 Å². The monoisotopic (exact) mass is 855 g/mol. The number of methoxy groups -OCH3 is 2. The molecule has 0 aliphatic carbocycles. The fourth-order valence-electron chi connectivity index (χ4n) is 5.22. The average molecular weight is 856 g/mol. The number of esters is 3. The lowest BCUT2D eigenvalue weighted by atomic mass is 9.76. The first kappa shape index (κ1) is 41.3. The van der Waals surface area contributed by atoms with Crippen molar-refractivity contribution in [3.05, 3.63) is 81.4 Å². The Morgan fingerprint density at radius 1 is 0.714 bits per heavy atom. The zero-order chi connectivity index (χ0) is 42.1. The average Bonchev–Trinajstić information content (AvgIpc) is 3.39. The first-order valence-electron chi connectivity index (χ1n) is 14.3. The zero-order valence-electron chi connectivity index (χ0n) is 27.1. The van der Waals surface area contributed by atoms with Gasteiger partial charge in [0.05, 0.1) is 30.9 Å². The van der Waals surface area contributed by atoms with Gasteiger partial charge in [-0.15, -0.1) is 0 Å². The molecule has 0 bridgehead atoms. The first-order chi connectivity index (χ1) is 25.7. The van der Waals surface area contributed by atoms with Crippen LogP contribution in [0.4, 0.5) is 43.9 Å². The molecule has 1 spiro atoms. The van der Waals surface area contributed by atoms with E-state index in [0.717, 1.165) is 26.4 Å². The second kappa shape index (κ2) is 13.7. The standard InChI is InChI=1S/C29H15F10NO14S2/c1-49-17(41)8-40(9-18(42)50-2)25(43)10-3-4-11-12(5-10)27(52-26(11)44)13-6-15(30)23(53-55(45,46)28(34,35)36)19(32)21(13)51-22-14(27)7-16(31)24(20(22)33)54-56(47,48)29(37,38)39/h3-7H,8-9H2,1-2H3. The van der Waals surface area contributed by atoms with E-state index >= 15 is 17.6 Å². The molecule has 3 aromatic carbocycles. The molecule has 1 amide bonds. The van der Waals surface area contributed by atoms with Crippen molar-refractivity contribution in [1.29, 1.82) is 0 Å². The van der Waals surface area contributed by atoms with Gasteiger partial charge in [-0.3, -0.25) is 14.4 Å². The number of fused-ring (bicyclic) bond motifs is 6. The first-order valence-corrected chi connectivity index (χ1v) is 17.1. The largest absolute Gasteiger partial charge is 0.534 e. The minimum Gasteiger partial charge on any atom is -0.468 e. The van der Waals surface area contributed by atoms with Crippen molar-refractivity contribution in [2.75, 3.05) is 27.3 Å². The normalized spacial score (nSPS) is 14.5. The van der Waals surface area contributed by atoms with Crippen LogP contribution in [-0.2, 0) is 49.6 Å². The van der Waals surface area contributed by atoms with Crippen molar-refractivity contribution < 1.29 is 107 Å². The molecule has 56 heavy (non-hydrogen) atoms. The maximum absolute atomic E-state index is 16.0. The fraction of sp³-hybridized carbons (Fsp3) is 0.241. The van der Waals surface area contributed by atoms with Crippen LogP contribution in [0.5, 0.6) is 23.0 Å². The summed E-state index contributed by atoms with van der Waals surface area (Å²) in [6.45, 7) is -1.91. The summed E-state index contributed by atoms with van der Waals surface area (Å²) in [6, 6.07) is 2.00. The van der Waals surface area contributed by atoms with Gasteiger partial charge < -0.3 is 32.2 Å². The molecule has 5 rings (SSSR count). The van der Waals surface area contributed by atoms with Crippen molar-refractivity contribution in [2.24, 2.45) is 0 Å². The molecule has 0 saturated heterocycles. The van der Waals surface area contributed by atoms with E-state index in [0.29, 0.717) is 11.0 Å². The molecule has 0 atom stereocenters. The Bertz CT molecular complexity index is 2330. The Morgan fingerprint density at radius 2 is 1.14 bits per heavy atom. The van der Waals surface area contributed by atoms with Crippen molar-refractivity contribution >= 4 is 44.1 Å². The van der Waals surface area contributed by atoms with Gasteiger partial charge in [0, 0.05) is 11.1 Å². The number of ether oxygens (including phenoxy) is 4. The summed E-state index contributed by atoms with van der Waals surface area (Å²) in [4.78, 5) is 51.5. The molecule has 2 aliphatic heterocycles. The summed E-state index contributed by atoms with van der Waals surface area (Å²) < 4.78 is 215. The third kappa shape index (κ3) is 6.72. The van der Waals surface area contributed by atoms with E-state index in [-0.39, 0.29) is 12.1 Å². The highest BCUT2D eigenvalue weighted by Gasteiger charge is 2.58. The van der Waals surface area contributed by atoms with E-state index in [2.05, 4.69) is 17.8 Å². The smallest absolute Gasteiger partial charge is 0.468 e. The molecular weight excluding hydrogens is 840 g/mol. The maximum atomic E-state index is 16.0. The van der Waals surface area contributed by atoms with Gasteiger partial charge in [-0.05, 0) is 30.3 Å². The molecule has 2 heterocycles. The Kier molecular flexibility index (Phi) is 10.1. The summed E-state index contributed by atoms with van der Waals surface area (Å²) in [5.41, 5.74) is -20.8. The molecule has 0 aromatic heterocycles. The van der Waals surface area contributed by atoms with Gasteiger partial charge in [-0.25, -0.2) is 13.6 Å². The van der Waals surface area contributed by atoms with E-state index in [1.165, 1.54) is 0 Å². The van der Waals surface area contributed by atoms with Gasteiger partial charge in [-0.1, -0.05) is 0 Å². The van der Waals surface area contributed by atoms with Crippen LogP contribution in [0, 0.1) is 23.3 Å². The van der Waals surface area contributed by atoms with Crippen molar-refractivity contribution in [1.82, 2.24) is 4.90 Å². The second-order valence-corrected chi connectivity index (χ2v) is 14.0. The fourth-order valence-corrected chi connectivity index (χ4v) is 6.16. The molecule has 15 nitrogen and oxygen atoms in total. The lowest BCUT2D eigenvalue weighted by molar-refractivity contribution is -0.144. The van der Waals surface area contributed by atoms with E-state index in [1.54, 1.807) is 0 Å². The lowest BCUT2D eigenvalue weighted by Gasteiger charge is -2.37. The SMILES string of the molecule is COC(=O)CN(CC(=O)OC)C(=O)c1ccc2c(c1)C1(OC2=O)c2cc(F)c(OS(=O)(=O)C(F)(F)F)c(F)c2Oc2c1cc(F)c(OS(=O)(=O)C(F)(F)F)c2F. The summed E-state index contributed by atoms with van der Waals surface area (Å²) >= 11 is 0. The van der Waals surface area contributed by atoms with E-state index in [4.69, 9.17) is 9.47 Å². The van der Waals surface area contributed by atoms with Gasteiger partial charge in [0.25, 0.3) is 5.91 Å². The van der Waals surface area contributed by atoms with Crippen LogP contribution in [0.3, 0.4) is 0 Å². The number of hydrogen-bond donors (Lipinski definition) is 0. The Hall–Kier alpha value is -5.86. The lowest BCUT2D eigenvalue weighted by Crippen LogP contribution is -2.40. The van der Waals surface area contributed by atoms with Gasteiger partial charge in [0.1, 0.15) is 13.1 Å². The Labute approximate surface area is 304 Å². The number of hydrogen-bond acceptors (Lipinski definition) is 14. The maximum Gasteiger partial charge on any atom is 0.534 e. The third-order valence-corrected chi connectivity index (χ3v) is 9.58. The van der Waals surface area contributed by atoms with Crippen LogP contribution in [0.25, 0.3) is 0 Å². The van der Waals surface area contributed by atoms with Crippen LogP contribution >= 0.6 is 0 Å². The van der Waals surface area contributed by atoms with E-state index in [1.807, 2.05) is 0 Å². The highest BCUT2D eigenvalue weighted by atomic mass is 32.2. The number of alkyl halides is 6. The van der Waals surface area contributed by atoms with Gasteiger partial charge in [0.15, 0.2) is 28.7 Å². The molecule has 0 radical (unpaired) electrons. The minimum absolute atomic E-state index is 0.103. The number of carbonyl (C=O) groups is 4. The van der Waals surface area contributed by atoms with E-state index in [9.17, 15) is 62.4 Å². The highest BCUT2D eigenvalue weighted by molar-refractivity contribution is 7.88. The quantitative estimate of drug-likeness (QED) is 0.0983. The summed E-state index contributed by atoms with van der Waals surface area (Å²) in [6.07, 6.45) is 0. The molecule has 0 saturated carbocycles. The van der Waals surface area contributed by atoms with Crippen molar-refractivity contribution in [3.63, 3.8) is 0 Å². The molecule has 0 unspecified atom stereocenters. The second-order valence-electron chi connectivity index (χ2n) is 11.0. The van der Waals surface area contributed by atoms with Gasteiger partial charge >= 0.3 is 49.2 Å². The van der Waals surface area contributed by atoms with Crippen LogP contribution in [0.15, 0.2) is 30.3 Å². The number of halogens is 10. The number of amides is 1. The van der Waals surface area contributed by atoms with Crippen LogP contribution in [0.1, 0.15) is 37.4 Å². The summed E-state index contributed by atoms with van der Waals surface area (Å²) in [5.74, 6) is -23.5. The Balaban J connectivity index is 1.85. The van der Waals surface area contributed by atoms with E-state index < -0.39 is 148 Å². The predicted octanol–water partition coefficient (Wildman–Crippen LogP) is 4.06. The molecular formula is C29H15F10NO14S2. The molecule has 27 heteroatoms. The third-order valence-electron chi connectivity index (χ3n) is 7.67. The Morgan fingerprint density at radius 3 is 1.54 bits per heavy atom.